The van der Waals surface area contributed by atoms with Crippen LogP contribution in [0.15, 0.2) is 48.5 Å². The van der Waals surface area contributed by atoms with E-state index >= 15 is 0 Å². The highest BCUT2D eigenvalue weighted by molar-refractivity contribution is 7.84. The number of nitrogens with one attached hydrogen (secondary N) is 2. The third-order valence-corrected chi connectivity index (χ3v) is 6.92. The Morgan fingerprint density at radius 2 is 1.70 bits per heavy atom. The summed E-state index contributed by atoms with van der Waals surface area (Å²) in [6, 6.07) is 13.4. The summed E-state index contributed by atoms with van der Waals surface area (Å²) in [7, 11) is 0.492. The fraction of sp³-hybridized carbons (Fsp3) is 0.481. The van der Waals surface area contributed by atoms with Gasteiger partial charge in [-0.3, -0.25) is 9.00 Å². The van der Waals surface area contributed by atoms with E-state index < -0.39 is 34.9 Å². The van der Waals surface area contributed by atoms with Gasteiger partial charge in [0.25, 0.3) is 5.91 Å². The first-order chi connectivity index (χ1) is 17.7. The van der Waals surface area contributed by atoms with Crippen molar-refractivity contribution in [1.29, 1.82) is 0 Å². The number of methoxy groups -OCH3 is 1. The molecule has 0 saturated carbocycles. The largest absolute Gasteiger partial charge is 0.497 e. The summed E-state index contributed by atoms with van der Waals surface area (Å²) in [6.07, 6.45) is -0.812. The lowest BCUT2D eigenvalue weighted by atomic mass is 10.2. The van der Waals surface area contributed by atoms with Crippen LogP contribution in [0, 0.1) is 5.92 Å². The standard InChI is InChI=1S/C27H38N2O7S/c1-19(2)10-12-37(34)13-11-25(36-24-9-5-7-21(15-24)27(32)33)26(31)29-18-22(30)17-28-16-20-6-4-8-23(14-20)35-3/h4-9,14-15,19,22,25,28,30H,10-13,16-18H2,1-3H3,(H,29,31)(H,32,33). The SMILES string of the molecule is COc1cccc(CNCC(O)CNC(=O)C(CCS(=O)CCC(C)C)Oc2cccc(C(=O)O)c2)c1. The van der Waals surface area contributed by atoms with Crippen LogP contribution in [0.25, 0.3) is 0 Å². The molecule has 0 aliphatic heterocycles. The number of hydrogen-bond donors (Lipinski definition) is 4. The van der Waals surface area contributed by atoms with E-state index in [4.69, 9.17) is 9.47 Å². The Balaban J connectivity index is 1.91. The molecule has 0 aliphatic carbocycles. The van der Waals surface area contributed by atoms with Gasteiger partial charge >= 0.3 is 5.97 Å². The van der Waals surface area contributed by atoms with Crippen LogP contribution in [0.4, 0.5) is 0 Å². The number of hydrogen-bond acceptors (Lipinski definition) is 7. The topological polar surface area (TPSA) is 134 Å². The first-order valence-corrected chi connectivity index (χ1v) is 13.8. The van der Waals surface area contributed by atoms with E-state index in [-0.39, 0.29) is 36.6 Å². The van der Waals surface area contributed by atoms with E-state index in [9.17, 15) is 24.0 Å². The van der Waals surface area contributed by atoms with Crippen molar-refractivity contribution in [1.82, 2.24) is 10.6 Å². The highest BCUT2D eigenvalue weighted by Gasteiger charge is 2.23. The molecule has 2 aromatic carbocycles. The van der Waals surface area contributed by atoms with Crippen LogP contribution in [-0.2, 0) is 22.1 Å². The van der Waals surface area contributed by atoms with Gasteiger partial charge in [-0.2, -0.15) is 0 Å². The molecule has 0 fully saturated rings. The molecule has 10 heteroatoms. The Hall–Kier alpha value is -2.95. The molecular formula is C27H38N2O7S. The Labute approximate surface area is 221 Å². The van der Waals surface area contributed by atoms with Gasteiger partial charge in [0, 0.05) is 48.4 Å². The van der Waals surface area contributed by atoms with Gasteiger partial charge < -0.3 is 30.3 Å². The van der Waals surface area contributed by atoms with Crippen LogP contribution >= 0.6 is 0 Å². The third-order valence-electron chi connectivity index (χ3n) is 5.54. The lowest BCUT2D eigenvalue weighted by Gasteiger charge is -2.20. The van der Waals surface area contributed by atoms with Crippen LogP contribution in [0.1, 0.15) is 42.6 Å². The van der Waals surface area contributed by atoms with Crippen LogP contribution in [0.2, 0.25) is 0 Å². The van der Waals surface area contributed by atoms with Crippen molar-refractivity contribution in [3.8, 4) is 11.5 Å². The number of carboxylic acids is 1. The van der Waals surface area contributed by atoms with E-state index in [0.29, 0.717) is 18.2 Å². The molecule has 2 rings (SSSR count). The molecule has 1 amide bonds. The molecule has 0 bridgehead atoms. The summed E-state index contributed by atoms with van der Waals surface area (Å²) in [5.74, 6) is 0.647. The van der Waals surface area contributed by atoms with Crippen molar-refractivity contribution in [3.63, 3.8) is 0 Å². The number of benzene rings is 2. The van der Waals surface area contributed by atoms with Crippen LogP contribution in [0.3, 0.4) is 0 Å². The van der Waals surface area contributed by atoms with E-state index in [1.807, 2.05) is 24.3 Å². The fourth-order valence-corrected chi connectivity index (χ4v) is 4.80. The second kappa shape index (κ2) is 16.0. The minimum Gasteiger partial charge on any atom is -0.497 e. The predicted molar refractivity (Wildman–Crippen MR) is 143 cm³/mol. The molecule has 3 atom stereocenters. The van der Waals surface area contributed by atoms with E-state index in [0.717, 1.165) is 17.7 Å². The van der Waals surface area contributed by atoms with Gasteiger partial charge in [0.05, 0.1) is 18.8 Å². The van der Waals surface area contributed by atoms with Crippen molar-refractivity contribution in [3.05, 3.63) is 59.7 Å². The zero-order valence-corrected chi connectivity index (χ0v) is 22.5. The number of aliphatic hydroxyl groups is 1. The number of amides is 1. The first kappa shape index (κ1) is 30.3. The van der Waals surface area contributed by atoms with Gasteiger partial charge in [-0.05, 0) is 48.2 Å². The second-order valence-electron chi connectivity index (χ2n) is 9.14. The monoisotopic (exact) mass is 534 g/mol. The highest BCUT2D eigenvalue weighted by Crippen LogP contribution is 2.17. The zero-order valence-electron chi connectivity index (χ0n) is 21.6. The predicted octanol–water partition coefficient (Wildman–Crippen LogP) is 2.59. The molecule has 2 aromatic rings. The van der Waals surface area contributed by atoms with Gasteiger partial charge in [-0.15, -0.1) is 0 Å². The normalized spacial score (nSPS) is 13.5. The average Bonchev–Trinajstić information content (AvgIpc) is 2.88. The van der Waals surface area contributed by atoms with Crippen LogP contribution < -0.4 is 20.1 Å². The Morgan fingerprint density at radius 3 is 2.41 bits per heavy atom. The second-order valence-corrected chi connectivity index (χ2v) is 10.8. The maximum Gasteiger partial charge on any atom is 0.335 e. The van der Waals surface area contributed by atoms with Crippen molar-refractivity contribution in [2.24, 2.45) is 5.92 Å². The third kappa shape index (κ3) is 11.8. The summed E-state index contributed by atoms with van der Waals surface area (Å²) in [6.45, 7) is 4.89. The quantitative estimate of drug-likeness (QED) is 0.243. The number of carboxylic acid groups (broad SMARTS) is 1. The van der Waals surface area contributed by atoms with Crippen molar-refractivity contribution in [2.45, 2.75) is 45.4 Å². The summed E-state index contributed by atoms with van der Waals surface area (Å²) in [5.41, 5.74) is 1.04. The summed E-state index contributed by atoms with van der Waals surface area (Å²) in [5, 5.41) is 25.4. The van der Waals surface area contributed by atoms with E-state index in [2.05, 4.69) is 24.5 Å². The number of ether oxygens (including phenoxy) is 2. The molecule has 37 heavy (non-hydrogen) atoms. The number of aromatic carboxylic acids is 1. The maximum atomic E-state index is 12.9. The molecule has 0 spiro atoms. The summed E-state index contributed by atoms with van der Waals surface area (Å²) < 4.78 is 23.4. The molecule has 4 N–H and O–H groups in total. The first-order valence-electron chi connectivity index (χ1n) is 12.3. The number of carbonyl (C=O) groups excluding carboxylic acids is 1. The molecule has 0 aromatic heterocycles. The Kier molecular flexibility index (Phi) is 13.1. The molecule has 204 valence electrons. The molecule has 0 aliphatic rings. The Morgan fingerprint density at radius 1 is 1.00 bits per heavy atom. The minimum atomic E-state index is -1.11. The van der Waals surface area contributed by atoms with Crippen molar-refractivity contribution >= 4 is 22.7 Å². The van der Waals surface area contributed by atoms with E-state index in [1.54, 1.807) is 13.2 Å². The lowest BCUT2D eigenvalue weighted by Crippen LogP contribution is -2.44. The molecule has 3 unspecified atom stereocenters. The van der Waals surface area contributed by atoms with E-state index in [1.165, 1.54) is 18.2 Å². The number of carbonyl (C=O) groups is 2. The average molecular weight is 535 g/mol. The summed E-state index contributed by atoms with van der Waals surface area (Å²) in [4.78, 5) is 24.2. The van der Waals surface area contributed by atoms with Crippen molar-refractivity contribution in [2.75, 3.05) is 31.7 Å². The van der Waals surface area contributed by atoms with Gasteiger partial charge in [-0.1, -0.05) is 32.0 Å². The zero-order chi connectivity index (χ0) is 27.2. The van der Waals surface area contributed by atoms with Gasteiger partial charge in [0.15, 0.2) is 6.10 Å². The van der Waals surface area contributed by atoms with Crippen LogP contribution in [0.5, 0.6) is 11.5 Å². The minimum absolute atomic E-state index is 0.00456. The summed E-state index contributed by atoms with van der Waals surface area (Å²) >= 11 is 0. The maximum absolute atomic E-state index is 12.9. The molecule has 0 radical (unpaired) electrons. The molecule has 0 heterocycles. The number of rotatable bonds is 17. The van der Waals surface area contributed by atoms with Gasteiger partial charge in [0.1, 0.15) is 11.5 Å². The van der Waals surface area contributed by atoms with Gasteiger partial charge in [-0.25, -0.2) is 4.79 Å². The lowest BCUT2D eigenvalue weighted by molar-refractivity contribution is -0.128. The molecular weight excluding hydrogens is 496 g/mol. The molecule has 0 saturated heterocycles. The highest BCUT2D eigenvalue weighted by atomic mass is 32.2. The number of aliphatic hydroxyl groups excluding tert-OH is 1. The fourth-order valence-electron chi connectivity index (χ4n) is 3.39. The van der Waals surface area contributed by atoms with Gasteiger partial charge in [0.2, 0.25) is 0 Å². The smallest absolute Gasteiger partial charge is 0.335 e. The van der Waals surface area contributed by atoms with Crippen LogP contribution in [-0.4, -0.2) is 70.2 Å². The van der Waals surface area contributed by atoms with Crippen molar-refractivity contribution < 1.29 is 33.5 Å². The Bertz CT molecular complexity index is 1030. The molecule has 9 nitrogen and oxygen atoms in total.